The number of halogens is 2. The summed E-state index contributed by atoms with van der Waals surface area (Å²) < 4.78 is 24.4. The summed E-state index contributed by atoms with van der Waals surface area (Å²) in [6.07, 6.45) is 0.314. The second-order valence-corrected chi connectivity index (χ2v) is 7.61. The largest absolute Gasteiger partial charge is 0.493 e. The predicted octanol–water partition coefficient (Wildman–Crippen LogP) is 2.78. The standard InChI is InChI=1S/C21H21BrFN3O5/c1-30-17-9-12(15(22)10-18(17)31-2)7-8-24-19(27)11-16-20(28)26(21(29)25-16)14-5-3-13(23)4-6-14/h3-6,9-10,16H,7-8,11H2,1-2H3,(H,24,27)(H,25,29). The molecule has 3 rings (SSSR count). The molecule has 1 heterocycles. The van der Waals surface area contributed by atoms with Gasteiger partial charge in [0.2, 0.25) is 5.91 Å². The van der Waals surface area contributed by atoms with E-state index in [4.69, 9.17) is 9.47 Å². The lowest BCUT2D eigenvalue weighted by Crippen LogP contribution is -2.37. The van der Waals surface area contributed by atoms with Gasteiger partial charge in [0.15, 0.2) is 11.5 Å². The van der Waals surface area contributed by atoms with Crippen LogP contribution in [-0.4, -0.2) is 44.7 Å². The Bertz CT molecular complexity index is 999. The fourth-order valence-electron chi connectivity index (χ4n) is 3.19. The zero-order chi connectivity index (χ0) is 22.5. The number of benzene rings is 2. The van der Waals surface area contributed by atoms with Crippen LogP contribution in [0.3, 0.4) is 0 Å². The van der Waals surface area contributed by atoms with Crippen LogP contribution in [-0.2, 0) is 16.0 Å². The first kappa shape index (κ1) is 22.5. The molecular weight excluding hydrogens is 473 g/mol. The van der Waals surface area contributed by atoms with Gasteiger partial charge in [-0.1, -0.05) is 15.9 Å². The molecule has 10 heteroatoms. The SMILES string of the molecule is COc1cc(Br)c(CCNC(=O)CC2NC(=O)N(c3ccc(F)cc3)C2=O)cc1OC. The summed E-state index contributed by atoms with van der Waals surface area (Å²) in [5, 5.41) is 5.23. The highest BCUT2D eigenvalue weighted by atomic mass is 79.9. The van der Waals surface area contributed by atoms with Crippen molar-refractivity contribution in [2.45, 2.75) is 18.9 Å². The lowest BCUT2D eigenvalue weighted by Gasteiger charge is -2.13. The number of imide groups is 1. The van der Waals surface area contributed by atoms with E-state index >= 15 is 0 Å². The lowest BCUT2D eigenvalue weighted by molar-refractivity contribution is -0.125. The molecule has 1 saturated heterocycles. The maximum atomic E-state index is 13.1. The minimum Gasteiger partial charge on any atom is -0.493 e. The van der Waals surface area contributed by atoms with E-state index in [1.165, 1.54) is 12.1 Å². The van der Waals surface area contributed by atoms with Crippen molar-refractivity contribution < 1.29 is 28.2 Å². The summed E-state index contributed by atoms with van der Waals surface area (Å²) in [5.74, 6) is -0.256. The van der Waals surface area contributed by atoms with Crippen molar-refractivity contribution in [3.05, 3.63) is 52.3 Å². The molecule has 31 heavy (non-hydrogen) atoms. The number of urea groups is 1. The Morgan fingerprint density at radius 1 is 1.16 bits per heavy atom. The number of ether oxygens (including phenoxy) is 2. The topological polar surface area (TPSA) is 97.0 Å². The second kappa shape index (κ2) is 9.78. The smallest absolute Gasteiger partial charge is 0.329 e. The van der Waals surface area contributed by atoms with E-state index in [9.17, 15) is 18.8 Å². The summed E-state index contributed by atoms with van der Waals surface area (Å²) >= 11 is 3.47. The molecule has 1 aliphatic heterocycles. The van der Waals surface area contributed by atoms with Gasteiger partial charge in [0.1, 0.15) is 11.9 Å². The highest BCUT2D eigenvalue weighted by molar-refractivity contribution is 9.10. The number of nitrogens with zero attached hydrogens (tertiary/aromatic N) is 1. The Balaban J connectivity index is 1.55. The molecule has 164 valence electrons. The third kappa shape index (κ3) is 5.13. The van der Waals surface area contributed by atoms with Crippen molar-refractivity contribution in [2.75, 3.05) is 25.7 Å². The number of hydrogen-bond donors (Lipinski definition) is 2. The minimum absolute atomic E-state index is 0.199. The van der Waals surface area contributed by atoms with Crippen LogP contribution in [0.5, 0.6) is 11.5 Å². The number of carbonyl (C=O) groups excluding carboxylic acids is 3. The first-order valence-corrected chi connectivity index (χ1v) is 10.2. The fourth-order valence-corrected chi connectivity index (χ4v) is 3.71. The van der Waals surface area contributed by atoms with E-state index < -0.39 is 23.8 Å². The Morgan fingerprint density at radius 3 is 2.45 bits per heavy atom. The van der Waals surface area contributed by atoms with Crippen LogP contribution in [0.15, 0.2) is 40.9 Å². The van der Waals surface area contributed by atoms with Gasteiger partial charge < -0.3 is 20.1 Å². The van der Waals surface area contributed by atoms with Crippen molar-refractivity contribution in [3.8, 4) is 11.5 Å². The van der Waals surface area contributed by atoms with Crippen LogP contribution >= 0.6 is 15.9 Å². The summed E-state index contributed by atoms with van der Waals surface area (Å²) in [5.41, 5.74) is 1.15. The van der Waals surface area contributed by atoms with Gasteiger partial charge in [-0.25, -0.2) is 14.1 Å². The van der Waals surface area contributed by atoms with E-state index in [-0.39, 0.29) is 18.0 Å². The lowest BCUT2D eigenvalue weighted by atomic mass is 10.1. The van der Waals surface area contributed by atoms with Gasteiger partial charge in [0, 0.05) is 11.0 Å². The van der Waals surface area contributed by atoms with Crippen molar-refractivity contribution >= 4 is 39.5 Å². The van der Waals surface area contributed by atoms with Crippen LogP contribution in [0.25, 0.3) is 0 Å². The molecule has 1 aliphatic rings. The number of carbonyl (C=O) groups is 3. The molecule has 0 aliphatic carbocycles. The van der Waals surface area contributed by atoms with Crippen LogP contribution in [0.1, 0.15) is 12.0 Å². The first-order chi connectivity index (χ1) is 14.8. The highest BCUT2D eigenvalue weighted by Gasteiger charge is 2.40. The van der Waals surface area contributed by atoms with E-state index in [2.05, 4.69) is 26.6 Å². The maximum absolute atomic E-state index is 13.1. The third-order valence-corrected chi connectivity index (χ3v) is 5.50. The van der Waals surface area contributed by atoms with E-state index in [0.717, 1.165) is 27.1 Å². The van der Waals surface area contributed by atoms with Gasteiger partial charge in [0.25, 0.3) is 5.91 Å². The number of anilines is 1. The third-order valence-electron chi connectivity index (χ3n) is 4.76. The number of hydrogen-bond acceptors (Lipinski definition) is 5. The Labute approximate surface area is 186 Å². The van der Waals surface area contributed by atoms with Gasteiger partial charge >= 0.3 is 6.03 Å². The van der Waals surface area contributed by atoms with Crippen LogP contribution in [0, 0.1) is 5.82 Å². The zero-order valence-electron chi connectivity index (χ0n) is 16.9. The summed E-state index contributed by atoms with van der Waals surface area (Å²) in [6, 6.07) is 6.94. The van der Waals surface area contributed by atoms with E-state index in [1.54, 1.807) is 20.3 Å². The van der Waals surface area contributed by atoms with Crippen molar-refractivity contribution in [1.82, 2.24) is 10.6 Å². The molecule has 0 bridgehead atoms. The molecule has 8 nitrogen and oxygen atoms in total. The van der Waals surface area contributed by atoms with Crippen LogP contribution in [0.4, 0.5) is 14.9 Å². The quantitative estimate of drug-likeness (QED) is 0.551. The fraction of sp³-hybridized carbons (Fsp3) is 0.286. The summed E-state index contributed by atoms with van der Waals surface area (Å²) in [4.78, 5) is 37.9. The molecule has 2 aromatic rings. The Morgan fingerprint density at radius 2 is 1.81 bits per heavy atom. The number of amides is 4. The average molecular weight is 494 g/mol. The first-order valence-electron chi connectivity index (χ1n) is 9.41. The molecule has 4 amide bonds. The Hall–Kier alpha value is -3.14. The molecule has 0 radical (unpaired) electrons. The molecule has 0 spiro atoms. The molecule has 1 unspecified atom stereocenters. The van der Waals surface area contributed by atoms with E-state index in [1.807, 2.05) is 6.07 Å². The summed E-state index contributed by atoms with van der Waals surface area (Å²) in [6.45, 7) is 0.323. The van der Waals surface area contributed by atoms with Crippen LogP contribution < -0.4 is 25.0 Å². The number of methoxy groups -OCH3 is 2. The molecule has 0 aromatic heterocycles. The normalized spacial score (nSPS) is 15.6. The van der Waals surface area contributed by atoms with Gasteiger partial charge in [-0.15, -0.1) is 0 Å². The van der Waals surface area contributed by atoms with Gasteiger partial charge in [0.05, 0.1) is 26.3 Å². The summed E-state index contributed by atoms with van der Waals surface area (Å²) in [7, 11) is 3.09. The van der Waals surface area contributed by atoms with Crippen LogP contribution in [0.2, 0.25) is 0 Å². The molecule has 2 N–H and O–H groups in total. The number of rotatable bonds is 8. The number of nitrogens with one attached hydrogen (secondary N) is 2. The minimum atomic E-state index is -0.981. The van der Waals surface area contributed by atoms with Gasteiger partial charge in [-0.3, -0.25) is 9.59 Å². The van der Waals surface area contributed by atoms with Crippen molar-refractivity contribution in [2.24, 2.45) is 0 Å². The predicted molar refractivity (Wildman–Crippen MR) is 115 cm³/mol. The maximum Gasteiger partial charge on any atom is 0.329 e. The molecule has 1 fully saturated rings. The zero-order valence-corrected chi connectivity index (χ0v) is 18.5. The van der Waals surface area contributed by atoms with Crippen molar-refractivity contribution in [1.29, 1.82) is 0 Å². The average Bonchev–Trinajstić information content (AvgIpc) is 3.02. The monoisotopic (exact) mass is 493 g/mol. The Kier molecular flexibility index (Phi) is 7.11. The van der Waals surface area contributed by atoms with Gasteiger partial charge in [-0.2, -0.15) is 0 Å². The van der Waals surface area contributed by atoms with E-state index in [0.29, 0.717) is 24.5 Å². The van der Waals surface area contributed by atoms with Gasteiger partial charge in [-0.05, 0) is 48.4 Å². The highest BCUT2D eigenvalue weighted by Crippen LogP contribution is 2.33. The van der Waals surface area contributed by atoms with Crippen molar-refractivity contribution in [3.63, 3.8) is 0 Å². The molecular formula is C21H21BrFN3O5. The second-order valence-electron chi connectivity index (χ2n) is 6.75. The molecule has 1 atom stereocenters. The molecule has 0 saturated carbocycles. The molecule has 2 aromatic carbocycles.